The van der Waals surface area contributed by atoms with Crippen molar-refractivity contribution in [3.63, 3.8) is 0 Å². The summed E-state index contributed by atoms with van der Waals surface area (Å²) in [5, 5.41) is 0. The monoisotopic (exact) mass is 336 g/mol. The summed E-state index contributed by atoms with van der Waals surface area (Å²) in [7, 11) is 0. The topological polar surface area (TPSA) is 18.5 Å². The Morgan fingerprint density at radius 2 is 1.69 bits per heavy atom. The van der Waals surface area contributed by atoms with Gasteiger partial charge in [0.05, 0.1) is 6.61 Å². The molecule has 0 N–H and O–H groups in total. The third-order valence-electron chi connectivity index (χ3n) is 2.24. The number of halogens is 1. The average molecular weight is 336 g/mol. The van der Waals surface area contributed by atoms with Crippen molar-refractivity contribution in [1.82, 2.24) is 0 Å². The van der Waals surface area contributed by atoms with Crippen LogP contribution in [0.2, 0.25) is 0 Å². The fraction of sp³-hybridized carbons (Fsp3) is 0.538. The van der Waals surface area contributed by atoms with E-state index < -0.39 is 0 Å². The molecule has 0 atom stereocenters. The third kappa shape index (κ3) is 3.85. The van der Waals surface area contributed by atoms with Gasteiger partial charge >= 0.3 is 0 Å². The van der Waals surface area contributed by atoms with Crippen LogP contribution in [-0.2, 0) is 6.42 Å². The average Bonchev–Trinajstić information content (AvgIpc) is 2.33. The zero-order valence-corrected chi connectivity index (χ0v) is 12.9. The van der Waals surface area contributed by atoms with E-state index in [4.69, 9.17) is 7.80 Å². The Hall–Kier alpha value is -0.450. The van der Waals surface area contributed by atoms with Crippen LogP contribution in [0.3, 0.4) is 0 Å². The standard InChI is InChI=1S/C11H15IO2.C2H6/c1-4-9-8(3)10(14-12)6-7-11(9)13-5-2;1-2/h6-7H,4-5H2,1-3H3;1-2H3. The van der Waals surface area contributed by atoms with Crippen LogP contribution in [0.15, 0.2) is 12.1 Å². The molecule has 0 amide bonds. The molecule has 3 heteroatoms. The molecule has 0 aliphatic rings. The fourth-order valence-corrected chi connectivity index (χ4v) is 2.00. The lowest BCUT2D eigenvalue weighted by molar-refractivity contribution is 0.336. The van der Waals surface area contributed by atoms with Crippen LogP contribution in [0, 0.1) is 6.92 Å². The van der Waals surface area contributed by atoms with Crippen LogP contribution in [0.1, 0.15) is 38.8 Å². The molecule has 0 fully saturated rings. The van der Waals surface area contributed by atoms with Crippen molar-refractivity contribution in [2.24, 2.45) is 0 Å². The van der Waals surface area contributed by atoms with E-state index in [-0.39, 0.29) is 0 Å². The minimum Gasteiger partial charge on any atom is -0.494 e. The van der Waals surface area contributed by atoms with Crippen LogP contribution >= 0.6 is 23.0 Å². The van der Waals surface area contributed by atoms with Crippen molar-refractivity contribution in [3.8, 4) is 11.5 Å². The zero-order chi connectivity index (χ0) is 12.6. The van der Waals surface area contributed by atoms with Gasteiger partial charge in [0.1, 0.15) is 11.5 Å². The molecule has 2 nitrogen and oxygen atoms in total. The minimum atomic E-state index is 0.705. The molecule has 0 aliphatic carbocycles. The van der Waals surface area contributed by atoms with Gasteiger partial charge in [-0.05, 0) is 38.0 Å². The molecule has 0 saturated heterocycles. The Labute approximate surface area is 113 Å². The second-order valence-corrected chi connectivity index (χ2v) is 3.47. The molecule has 1 aromatic carbocycles. The largest absolute Gasteiger partial charge is 0.494 e. The van der Waals surface area contributed by atoms with Gasteiger partial charge in [0, 0.05) is 5.56 Å². The summed E-state index contributed by atoms with van der Waals surface area (Å²) in [4.78, 5) is 0. The first-order valence-corrected chi connectivity index (χ1v) is 6.66. The number of ether oxygens (including phenoxy) is 1. The molecule has 0 bridgehead atoms. The van der Waals surface area contributed by atoms with Gasteiger partial charge in [-0.15, -0.1) is 0 Å². The van der Waals surface area contributed by atoms with Crippen LogP contribution < -0.4 is 7.80 Å². The molecule has 0 unspecified atom stereocenters. The first-order valence-electron chi connectivity index (χ1n) is 5.78. The Balaban J connectivity index is 0.00000106. The van der Waals surface area contributed by atoms with Gasteiger partial charge in [0.2, 0.25) is 0 Å². The van der Waals surface area contributed by atoms with E-state index in [0.29, 0.717) is 6.61 Å². The van der Waals surface area contributed by atoms with Crippen LogP contribution in [0.5, 0.6) is 11.5 Å². The van der Waals surface area contributed by atoms with E-state index in [1.807, 2.05) is 55.9 Å². The predicted molar refractivity (Wildman–Crippen MR) is 77.7 cm³/mol. The highest BCUT2D eigenvalue weighted by Crippen LogP contribution is 2.31. The van der Waals surface area contributed by atoms with Crippen LogP contribution in [0.25, 0.3) is 0 Å². The summed E-state index contributed by atoms with van der Waals surface area (Å²) in [5.74, 6) is 1.90. The molecular weight excluding hydrogens is 315 g/mol. The van der Waals surface area contributed by atoms with Gasteiger partial charge < -0.3 is 7.80 Å². The van der Waals surface area contributed by atoms with Crippen molar-refractivity contribution in [2.75, 3.05) is 6.61 Å². The summed E-state index contributed by atoms with van der Waals surface area (Å²) >= 11 is 1.90. The van der Waals surface area contributed by atoms with Crippen LogP contribution in [-0.4, -0.2) is 6.61 Å². The van der Waals surface area contributed by atoms with Crippen molar-refractivity contribution < 1.29 is 7.80 Å². The van der Waals surface area contributed by atoms with Gasteiger partial charge in [-0.25, -0.2) is 0 Å². The molecule has 0 radical (unpaired) electrons. The first-order chi connectivity index (χ1) is 7.74. The number of hydrogen-bond acceptors (Lipinski definition) is 2. The van der Waals surface area contributed by atoms with E-state index >= 15 is 0 Å². The highest BCUT2D eigenvalue weighted by Gasteiger charge is 2.09. The Morgan fingerprint density at radius 1 is 1.12 bits per heavy atom. The highest BCUT2D eigenvalue weighted by atomic mass is 127. The van der Waals surface area contributed by atoms with Crippen molar-refractivity contribution in [1.29, 1.82) is 0 Å². The Bertz CT molecular complexity index is 311. The van der Waals surface area contributed by atoms with Gasteiger partial charge in [0.25, 0.3) is 0 Å². The third-order valence-corrected chi connectivity index (χ3v) is 2.72. The normalized spacial score (nSPS) is 9.12. The van der Waals surface area contributed by atoms with E-state index in [9.17, 15) is 0 Å². The zero-order valence-electron chi connectivity index (χ0n) is 10.8. The lowest BCUT2D eigenvalue weighted by Crippen LogP contribution is -1.98. The predicted octanol–water partition coefficient (Wildman–Crippen LogP) is 4.71. The molecule has 1 aromatic rings. The Morgan fingerprint density at radius 3 is 2.12 bits per heavy atom. The van der Waals surface area contributed by atoms with Crippen molar-refractivity contribution >= 4 is 23.0 Å². The maximum Gasteiger partial charge on any atom is 0.192 e. The minimum absolute atomic E-state index is 0.705. The molecule has 16 heavy (non-hydrogen) atoms. The smallest absolute Gasteiger partial charge is 0.192 e. The maximum atomic E-state index is 5.55. The summed E-state index contributed by atoms with van der Waals surface area (Å²) in [6.07, 6.45) is 0.967. The van der Waals surface area contributed by atoms with E-state index in [2.05, 4.69) is 13.8 Å². The second-order valence-electron chi connectivity index (χ2n) is 3.03. The van der Waals surface area contributed by atoms with E-state index in [1.165, 1.54) is 11.1 Å². The first kappa shape index (κ1) is 15.6. The summed E-state index contributed by atoms with van der Waals surface area (Å²) < 4.78 is 10.8. The molecule has 1 rings (SSSR count). The number of benzene rings is 1. The van der Waals surface area contributed by atoms with Crippen LogP contribution in [0.4, 0.5) is 0 Å². The molecule has 0 aromatic heterocycles. The molecule has 92 valence electrons. The lowest BCUT2D eigenvalue weighted by atomic mass is 10.0. The quantitative estimate of drug-likeness (QED) is 0.742. The molecule has 0 spiro atoms. The second kappa shape index (κ2) is 8.67. The SMILES string of the molecule is CC.CCOc1ccc(OI)c(C)c1CC. The fourth-order valence-electron chi connectivity index (χ4n) is 1.52. The van der Waals surface area contributed by atoms with Gasteiger partial charge in [-0.1, -0.05) is 20.8 Å². The van der Waals surface area contributed by atoms with Crippen molar-refractivity contribution in [3.05, 3.63) is 23.3 Å². The lowest BCUT2D eigenvalue weighted by Gasteiger charge is -2.13. The molecule has 0 aliphatic heterocycles. The maximum absolute atomic E-state index is 5.55. The summed E-state index contributed by atoms with van der Waals surface area (Å²) in [6, 6.07) is 3.93. The number of hydrogen-bond donors (Lipinski definition) is 0. The van der Waals surface area contributed by atoms with Crippen molar-refractivity contribution in [2.45, 2.75) is 41.0 Å². The summed E-state index contributed by atoms with van der Waals surface area (Å²) in [5.41, 5.74) is 2.41. The molecule has 0 saturated carbocycles. The van der Waals surface area contributed by atoms with E-state index in [1.54, 1.807) is 0 Å². The van der Waals surface area contributed by atoms with Gasteiger partial charge in [-0.2, -0.15) is 0 Å². The summed E-state index contributed by atoms with van der Waals surface area (Å²) in [6.45, 7) is 10.9. The highest BCUT2D eigenvalue weighted by molar-refractivity contribution is 14.1. The Kier molecular flexibility index (Phi) is 8.43. The molecular formula is C13H21IO2. The van der Waals surface area contributed by atoms with Gasteiger partial charge in [-0.3, -0.25) is 0 Å². The number of rotatable bonds is 4. The molecule has 0 heterocycles. The van der Waals surface area contributed by atoms with E-state index in [0.717, 1.165) is 17.9 Å². The van der Waals surface area contributed by atoms with Gasteiger partial charge in [0.15, 0.2) is 23.0 Å².